The van der Waals surface area contributed by atoms with Crippen LogP contribution in [0.15, 0.2) is 34.9 Å². The van der Waals surface area contributed by atoms with Gasteiger partial charge < -0.3 is 25.0 Å². The van der Waals surface area contributed by atoms with Gasteiger partial charge in [0, 0.05) is 18.0 Å². The summed E-state index contributed by atoms with van der Waals surface area (Å²) in [4.78, 5) is 27.8. The van der Waals surface area contributed by atoms with Crippen LogP contribution in [-0.2, 0) is 11.3 Å². The van der Waals surface area contributed by atoms with E-state index in [1.54, 1.807) is 0 Å². The number of alkyl carbamates (subject to hydrolysis) is 1. The summed E-state index contributed by atoms with van der Waals surface area (Å²) in [6.07, 6.45) is 0.0100. The van der Waals surface area contributed by atoms with Crippen LogP contribution in [-0.4, -0.2) is 39.5 Å². The maximum atomic E-state index is 12.3. The Balaban J connectivity index is 1.67. The molecule has 1 aliphatic rings. The molecule has 0 aliphatic heterocycles. The summed E-state index contributed by atoms with van der Waals surface area (Å²) in [5, 5.41) is 18.4. The quantitative estimate of drug-likeness (QED) is 0.676. The van der Waals surface area contributed by atoms with Crippen molar-refractivity contribution in [3.8, 4) is 0 Å². The molecule has 0 saturated heterocycles. The smallest absolute Gasteiger partial charge is 0.407 e. The molecule has 2 amide bonds. The molecule has 1 aromatic heterocycles. The van der Waals surface area contributed by atoms with Crippen molar-refractivity contribution in [2.75, 3.05) is 0 Å². The summed E-state index contributed by atoms with van der Waals surface area (Å²) in [5.41, 5.74) is 0.895. The zero-order valence-electron chi connectivity index (χ0n) is 16.5. The van der Waals surface area contributed by atoms with Gasteiger partial charge in [0.15, 0.2) is 5.82 Å². The molecule has 29 heavy (non-hydrogen) atoms. The van der Waals surface area contributed by atoms with E-state index >= 15 is 0 Å². The lowest BCUT2D eigenvalue weighted by atomic mass is 9.81. The number of nitrogens with one attached hydrogen (secondary N) is 2. The van der Waals surface area contributed by atoms with Gasteiger partial charge in [0.2, 0.25) is 5.89 Å². The second kappa shape index (κ2) is 9.40. The second-order valence-corrected chi connectivity index (χ2v) is 7.52. The SMILES string of the molecule is CC(C)c1noc([C@@H]2C[C@H](NC(=O)O)CC[C@@H]2NC(=O)OCc2ccccc2)n1. The monoisotopic (exact) mass is 402 g/mol. The minimum absolute atomic E-state index is 0.103. The van der Waals surface area contributed by atoms with Crippen molar-refractivity contribution in [1.29, 1.82) is 0 Å². The topological polar surface area (TPSA) is 127 Å². The number of carbonyl (C=O) groups is 2. The Bertz CT molecular complexity index is 823. The van der Waals surface area contributed by atoms with Crippen LogP contribution in [0, 0.1) is 0 Å². The summed E-state index contributed by atoms with van der Waals surface area (Å²) < 4.78 is 10.8. The first-order chi connectivity index (χ1) is 13.9. The molecule has 0 unspecified atom stereocenters. The number of ether oxygens (including phenoxy) is 1. The van der Waals surface area contributed by atoms with Gasteiger partial charge in [-0.15, -0.1) is 0 Å². The summed E-state index contributed by atoms with van der Waals surface area (Å²) >= 11 is 0. The fourth-order valence-electron chi connectivity index (χ4n) is 3.47. The molecule has 2 aromatic rings. The molecule has 1 saturated carbocycles. The Hall–Kier alpha value is -3.10. The van der Waals surface area contributed by atoms with Crippen LogP contribution < -0.4 is 10.6 Å². The number of carboxylic acid groups (broad SMARTS) is 1. The first-order valence-corrected chi connectivity index (χ1v) is 9.72. The van der Waals surface area contributed by atoms with E-state index < -0.39 is 12.2 Å². The Morgan fingerprint density at radius 2 is 2.00 bits per heavy atom. The lowest BCUT2D eigenvalue weighted by Crippen LogP contribution is -2.47. The Kier molecular flexibility index (Phi) is 6.69. The molecule has 0 radical (unpaired) electrons. The van der Waals surface area contributed by atoms with Crippen LogP contribution in [0.2, 0.25) is 0 Å². The van der Waals surface area contributed by atoms with Crippen LogP contribution in [0.4, 0.5) is 9.59 Å². The van der Waals surface area contributed by atoms with Crippen LogP contribution >= 0.6 is 0 Å². The number of hydrogen-bond donors (Lipinski definition) is 3. The van der Waals surface area contributed by atoms with Gasteiger partial charge in [-0.3, -0.25) is 0 Å². The van der Waals surface area contributed by atoms with Gasteiger partial charge >= 0.3 is 12.2 Å². The van der Waals surface area contributed by atoms with Gasteiger partial charge in [0.05, 0.1) is 5.92 Å². The highest BCUT2D eigenvalue weighted by atomic mass is 16.5. The summed E-state index contributed by atoms with van der Waals surface area (Å²) in [6, 6.07) is 8.88. The fourth-order valence-corrected chi connectivity index (χ4v) is 3.47. The van der Waals surface area contributed by atoms with Gasteiger partial charge in [-0.25, -0.2) is 9.59 Å². The average Bonchev–Trinajstić information content (AvgIpc) is 3.18. The Morgan fingerprint density at radius 1 is 1.24 bits per heavy atom. The van der Waals surface area contributed by atoms with Crippen LogP contribution in [0.25, 0.3) is 0 Å². The largest absolute Gasteiger partial charge is 0.465 e. The van der Waals surface area contributed by atoms with Crippen LogP contribution in [0.3, 0.4) is 0 Å². The number of amides is 2. The first kappa shape index (κ1) is 20.6. The van der Waals surface area contributed by atoms with Crippen molar-refractivity contribution in [3.63, 3.8) is 0 Å². The highest BCUT2D eigenvalue weighted by Gasteiger charge is 2.37. The summed E-state index contributed by atoms with van der Waals surface area (Å²) in [5.74, 6) is 0.786. The van der Waals surface area contributed by atoms with Gasteiger partial charge in [-0.05, 0) is 24.8 Å². The highest BCUT2D eigenvalue weighted by Crippen LogP contribution is 2.33. The van der Waals surface area contributed by atoms with Crippen molar-refractivity contribution in [2.45, 2.75) is 63.6 Å². The molecule has 1 aliphatic carbocycles. The van der Waals surface area contributed by atoms with E-state index in [2.05, 4.69) is 20.8 Å². The Morgan fingerprint density at radius 3 is 2.66 bits per heavy atom. The molecule has 3 N–H and O–H groups in total. The van der Waals surface area contributed by atoms with Crippen molar-refractivity contribution in [1.82, 2.24) is 20.8 Å². The molecule has 3 rings (SSSR count). The molecule has 156 valence electrons. The maximum absolute atomic E-state index is 12.3. The lowest BCUT2D eigenvalue weighted by molar-refractivity contribution is 0.126. The number of aromatic nitrogens is 2. The van der Waals surface area contributed by atoms with Gasteiger partial charge in [0.25, 0.3) is 0 Å². The van der Waals surface area contributed by atoms with Crippen molar-refractivity contribution < 1.29 is 24.0 Å². The van der Waals surface area contributed by atoms with E-state index in [1.165, 1.54) is 0 Å². The van der Waals surface area contributed by atoms with Gasteiger partial charge in [-0.1, -0.05) is 49.3 Å². The molecule has 1 aromatic carbocycles. The molecule has 9 heteroatoms. The van der Waals surface area contributed by atoms with E-state index in [9.17, 15) is 9.59 Å². The zero-order chi connectivity index (χ0) is 20.8. The molecule has 0 spiro atoms. The van der Waals surface area contributed by atoms with Gasteiger partial charge in [0.1, 0.15) is 6.61 Å². The third-order valence-electron chi connectivity index (χ3n) is 4.98. The fraction of sp³-hybridized carbons (Fsp3) is 0.500. The predicted octanol–water partition coefficient (Wildman–Crippen LogP) is 3.39. The molecule has 1 heterocycles. The number of nitrogens with zero attached hydrogens (tertiary/aromatic N) is 2. The molecular weight excluding hydrogens is 376 g/mol. The summed E-state index contributed by atoms with van der Waals surface area (Å²) in [6.45, 7) is 4.09. The lowest BCUT2D eigenvalue weighted by Gasteiger charge is -2.34. The first-order valence-electron chi connectivity index (χ1n) is 9.72. The minimum atomic E-state index is -1.07. The normalized spacial score (nSPS) is 21.6. The number of rotatable bonds is 6. The van der Waals surface area contributed by atoms with Crippen molar-refractivity contribution in [3.05, 3.63) is 47.6 Å². The third-order valence-corrected chi connectivity index (χ3v) is 4.98. The standard InChI is InChI=1S/C20H26N4O5/c1-12(2)17-23-18(29-24-17)15-10-14(21-19(25)26)8-9-16(15)22-20(27)28-11-13-6-4-3-5-7-13/h3-7,12,14-16,21H,8-11H2,1-2H3,(H,22,27)(H,25,26)/t14-,15-,16+/m1/s1. The number of benzene rings is 1. The average molecular weight is 402 g/mol. The molecule has 0 bridgehead atoms. The van der Waals surface area contributed by atoms with Crippen molar-refractivity contribution >= 4 is 12.2 Å². The maximum Gasteiger partial charge on any atom is 0.407 e. The van der Waals surface area contributed by atoms with Gasteiger partial charge in [-0.2, -0.15) is 4.98 Å². The van der Waals surface area contributed by atoms with E-state index in [0.717, 1.165) is 5.56 Å². The molecule has 3 atom stereocenters. The number of hydrogen-bond acceptors (Lipinski definition) is 6. The van der Waals surface area contributed by atoms with E-state index in [0.29, 0.717) is 31.0 Å². The van der Waals surface area contributed by atoms with Crippen molar-refractivity contribution in [2.24, 2.45) is 0 Å². The second-order valence-electron chi connectivity index (χ2n) is 7.52. The highest BCUT2D eigenvalue weighted by molar-refractivity contribution is 5.68. The van der Waals surface area contributed by atoms with Crippen LogP contribution in [0.1, 0.15) is 62.2 Å². The molecule has 1 fully saturated rings. The van der Waals surface area contributed by atoms with Crippen LogP contribution in [0.5, 0.6) is 0 Å². The van der Waals surface area contributed by atoms with E-state index in [-0.39, 0.29) is 30.5 Å². The predicted molar refractivity (Wildman–Crippen MR) is 103 cm³/mol. The molecular formula is C20H26N4O5. The van der Waals surface area contributed by atoms with E-state index in [4.69, 9.17) is 14.4 Å². The Labute approximate surface area is 168 Å². The van der Waals surface area contributed by atoms with E-state index in [1.807, 2.05) is 44.2 Å². The minimum Gasteiger partial charge on any atom is -0.465 e. The summed E-state index contributed by atoms with van der Waals surface area (Å²) in [7, 11) is 0. The number of carbonyl (C=O) groups excluding carboxylic acids is 1. The third kappa shape index (κ3) is 5.69. The molecule has 9 nitrogen and oxygen atoms in total. The zero-order valence-corrected chi connectivity index (χ0v) is 16.5.